The molecule has 0 spiro atoms. The number of amides is 1. The van der Waals surface area contributed by atoms with E-state index in [2.05, 4.69) is 10.0 Å². The van der Waals surface area contributed by atoms with Gasteiger partial charge in [0.1, 0.15) is 0 Å². The van der Waals surface area contributed by atoms with Crippen molar-refractivity contribution < 1.29 is 13.2 Å². The summed E-state index contributed by atoms with van der Waals surface area (Å²) >= 11 is 0. The van der Waals surface area contributed by atoms with Gasteiger partial charge in [-0.3, -0.25) is 9.52 Å². The summed E-state index contributed by atoms with van der Waals surface area (Å²) in [5.74, 6) is 0.00729. The standard InChI is InChI=1S/C21H28N2O3S/c1-13(2)17(6)22-21(24)18-9-7-15(4)20(12-18)27(25,26)23-19-10-8-14(3)16(5)11-19/h7-13,17,23H,1-6H3,(H,22,24). The van der Waals surface area contributed by atoms with Gasteiger partial charge in [0, 0.05) is 17.3 Å². The van der Waals surface area contributed by atoms with E-state index in [9.17, 15) is 13.2 Å². The molecule has 0 aromatic heterocycles. The topological polar surface area (TPSA) is 75.3 Å². The zero-order valence-corrected chi connectivity index (χ0v) is 17.6. The molecule has 27 heavy (non-hydrogen) atoms. The van der Waals surface area contributed by atoms with Crippen molar-refractivity contribution in [3.8, 4) is 0 Å². The van der Waals surface area contributed by atoms with Gasteiger partial charge in [-0.1, -0.05) is 26.0 Å². The maximum absolute atomic E-state index is 12.9. The third-order valence-corrected chi connectivity index (χ3v) is 6.38. The fourth-order valence-corrected chi connectivity index (χ4v) is 3.82. The molecule has 5 nitrogen and oxygen atoms in total. The smallest absolute Gasteiger partial charge is 0.262 e. The molecule has 2 N–H and O–H groups in total. The summed E-state index contributed by atoms with van der Waals surface area (Å²) in [5, 5.41) is 2.90. The number of sulfonamides is 1. The van der Waals surface area contributed by atoms with Gasteiger partial charge in [0.15, 0.2) is 0 Å². The summed E-state index contributed by atoms with van der Waals surface area (Å²) in [6, 6.07) is 10.1. The average Bonchev–Trinajstić information content (AvgIpc) is 2.57. The molecule has 0 aliphatic rings. The Bertz CT molecular complexity index is 950. The van der Waals surface area contributed by atoms with Crippen molar-refractivity contribution in [2.24, 2.45) is 5.92 Å². The van der Waals surface area contributed by atoms with Crippen molar-refractivity contribution in [1.82, 2.24) is 5.32 Å². The van der Waals surface area contributed by atoms with Crippen molar-refractivity contribution in [1.29, 1.82) is 0 Å². The number of carbonyl (C=O) groups excluding carboxylic acids is 1. The quantitative estimate of drug-likeness (QED) is 0.779. The van der Waals surface area contributed by atoms with Gasteiger partial charge >= 0.3 is 0 Å². The maximum atomic E-state index is 12.9. The van der Waals surface area contributed by atoms with Crippen molar-refractivity contribution in [3.63, 3.8) is 0 Å². The van der Waals surface area contributed by atoms with Crippen LogP contribution in [-0.4, -0.2) is 20.4 Å². The molecule has 0 radical (unpaired) electrons. The summed E-state index contributed by atoms with van der Waals surface area (Å²) in [6.45, 7) is 11.6. The normalized spacial score (nSPS) is 12.7. The minimum Gasteiger partial charge on any atom is -0.349 e. The van der Waals surface area contributed by atoms with Crippen LogP contribution in [0.25, 0.3) is 0 Å². The Morgan fingerprint density at radius 2 is 1.52 bits per heavy atom. The molecule has 0 saturated carbocycles. The summed E-state index contributed by atoms with van der Waals surface area (Å²) in [7, 11) is -3.80. The number of hydrogen-bond acceptors (Lipinski definition) is 3. The van der Waals surface area contributed by atoms with Crippen LogP contribution < -0.4 is 10.0 Å². The van der Waals surface area contributed by atoms with E-state index < -0.39 is 10.0 Å². The molecule has 2 aromatic rings. The first-order valence-electron chi connectivity index (χ1n) is 9.03. The SMILES string of the molecule is Cc1ccc(NS(=O)(=O)c2cc(C(=O)NC(C)C(C)C)ccc2C)cc1C. The zero-order valence-electron chi connectivity index (χ0n) is 16.8. The van der Waals surface area contributed by atoms with Gasteiger partial charge in [0.2, 0.25) is 0 Å². The Morgan fingerprint density at radius 3 is 2.11 bits per heavy atom. The highest BCUT2D eigenvalue weighted by Crippen LogP contribution is 2.22. The van der Waals surface area contributed by atoms with E-state index in [1.807, 2.05) is 40.7 Å². The molecule has 0 heterocycles. The number of benzene rings is 2. The van der Waals surface area contributed by atoms with Gasteiger partial charge < -0.3 is 5.32 Å². The highest BCUT2D eigenvalue weighted by molar-refractivity contribution is 7.92. The van der Waals surface area contributed by atoms with Crippen LogP contribution in [0.4, 0.5) is 5.69 Å². The van der Waals surface area contributed by atoms with E-state index in [-0.39, 0.29) is 22.8 Å². The zero-order chi connectivity index (χ0) is 20.4. The largest absolute Gasteiger partial charge is 0.349 e. The third kappa shape index (κ3) is 5.10. The van der Waals surface area contributed by atoms with Crippen LogP contribution >= 0.6 is 0 Å². The molecular weight excluding hydrogens is 360 g/mol. The lowest BCUT2D eigenvalue weighted by Crippen LogP contribution is -2.36. The Hall–Kier alpha value is -2.34. The van der Waals surface area contributed by atoms with Crippen LogP contribution in [0.5, 0.6) is 0 Å². The third-order valence-electron chi connectivity index (χ3n) is 4.86. The Labute approximate surface area is 162 Å². The molecule has 6 heteroatoms. The molecule has 1 amide bonds. The van der Waals surface area contributed by atoms with Crippen LogP contribution in [0.3, 0.4) is 0 Å². The second-order valence-electron chi connectivity index (χ2n) is 7.39. The van der Waals surface area contributed by atoms with Crippen LogP contribution in [0.1, 0.15) is 47.8 Å². The lowest BCUT2D eigenvalue weighted by molar-refractivity contribution is 0.0930. The lowest BCUT2D eigenvalue weighted by atomic mass is 10.1. The first-order chi connectivity index (χ1) is 12.5. The van der Waals surface area contributed by atoms with E-state index in [1.54, 1.807) is 31.2 Å². The van der Waals surface area contributed by atoms with Crippen LogP contribution in [0.2, 0.25) is 0 Å². The van der Waals surface area contributed by atoms with E-state index in [4.69, 9.17) is 0 Å². The van der Waals surface area contributed by atoms with Gasteiger partial charge in [0.25, 0.3) is 15.9 Å². The molecule has 2 rings (SSSR count). The number of aryl methyl sites for hydroxylation is 3. The van der Waals surface area contributed by atoms with Gasteiger partial charge in [-0.25, -0.2) is 8.42 Å². The van der Waals surface area contributed by atoms with Gasteiger partial charge in [-0.15, -0.1) is 0 Å². The molecule has 0 saturated heterocycles. The number of nitrogens with one attached hydrogen (secondary N) is 2. The lowest BCUT2D eigenvalue weighted by Gasteiger charge is -2.18. The van der Waals surface area contributed by atoms with Crippen molar-refractivity contribution in [3.05, 3.63) is 58.7 Å². The molecule has 0 aliphatic heterocycles. The van der Waals surface area contributed by atoms with Crippen molar-refractivity contribution >= 4 is 21.6 Å². The predicted octanol–water partition coefficient (Wildman–Crippen LogP) is 4.19. The Balaban J connectivity index is 2.33. The Morgan fingerprint density at radius 1 is 0.889 bits per heavy atom. The number of anilines is 1. The average molecular weight is 389 g/mol. The van der Waals surface area contributed by atoms with Crippen LogP contribution in [0, 0.1) is 26.7 Å². The molecule has 0 fully saturated rings. The van der Waals surface area contributed by atoms with Gasteiger partial charge in [-0.2, -0.15) is 0 Å². The van der Waals surface area contributed by atoms with Gasteiger partial charge in [0.05, 0.1) is 4.90 Å². The van der Waals surface area contributed by atoms with E-state index in [0.717, 1.165) is 11.1 Å². The number of carbonyl (C=O) groups is 1. The minimum absolute atomic E-state index is 0.00693. The molecular formula is C21H28N2O3S. The monoisotopic (exact) mass is 388 g/mol. The van der Waals surface area contributed by atoms with E-state index in [0.29, 0.717) is 16.8 Å². The number of rotatable bonds is 6. The predicted molar refractivity (Wildman–Crippen MR) is 110 cm³/mol. The molecule has 1 unspecified atom stereocenters. The molecule has 1 atom stereocenters. The van der Waals surface area contributed by atoms with E-state index >= 15 is 0 Å². The summed E-state index contributed by atoms with van der Waals surface area (Å²) in [6.07, 6.45) is 0. The van der Waals surface area contributed by atoms with Crippen LogP contribution in [0.15, 0.2) is 41.3 Å². The number of hydrogen-bond donors (Lipinski definition) is 2. The first kappa shape index (κ1) is 21.0. The molecule has 0 bridgehead atoms. The first-order valence-corrected chi connectivity index (χ1v) is 10.5. The summed E-state index contributed by atoms with van der Waals surface area (Å²) in [4.78, 5) is 12.6. The van der Waals surface area contributed by atoms with Crippen molar-refractivity contribution in [2.75, 3.05) is 4.72 Å². The maximum Gasteiger partial charge on any atom is 0.262 e. The fraction of sp³-hybridized carbons (Fsp3) is 0.381. The Kier molecular flexibility index (Phi) is 6.31. The minimum atomic E-state index is -3.80. The molecule has 146 valence electrons. The van der Waals surface area contributed by atoms with Crippen LogP contribution in [-0.2, 0) is 10.0 Å². The highest BCUT2D eigenvalue weighted by atomic mass is 32.2. The van der Waals surface area contributed by atoms with Crippen molar-refractivity contribution in [2.45, 2.75) is 52.5 Å². The summed E-state index contributed by atoms with van der Waals surface area (Å²) in [5.41, 5.74) is 3.50. The summed E-state index contributed by atoms with van der Waals surface area (Å²) < 4.78 is 28.4. The molecule has 2 aromatic carbocycles. The fourth-order valence-electron chi connectivity index (χ4n) is 2.50. The van der Waals surface area contributed by atoms with Gasteiger partial charge in [-0.05, 0) is 74.6 Å². The van der Waals surface area contributed by atoms with E-state index in [1.165, 1.54) is 6.07 Å². The second kappa shape index (κ2) is 8.13. The highest BCUT2D eigenvalue weighted by Gasteiger charge is 2.20. The second-order valence-corrected chi connectivity index (χ2v) is 9.04. The molecule has 0 aliphatic carbocycles.